The summed E-state index contributed by atoms with van der Waals surface area (Å²) in [5.74, 6) is -0.626. The summed E-state index contributed by atoms with van der Waals surface area (Å²) in [7, 11) is 0. The van der Waals surface area contributed by atoms with Gasteiger partial charge in [-0.1, -0.05) is 18.2 Å². The molecular weight excluding hydrogens is 266 g/mol. The fourth-order valence-corrected chi connectivity index (χ4v) is 2.09. The van der Waals surface area contributed by atoms with Crippen LogP contribution in [0.3, 0.4) is 0 Å². The average molecular weight is 281 g/mol. The number of aryl methyl sites for hydroxylation is 2. The van der Waals surface area contributed by atoms with Gasteiger partial charge >= 0.3 is 5.97 Å². The van der Waals surface area contributed by atoms with Gasteiger partial charge in [-0.25, -0.2) is 4.79 Å². The summed E-state index contributed by atoms with van der Waals surface area (Å²) in [4.78, 5) is 11.2. The van der Waals surface area contributed by atoms with Gasteiger partial charge in [0.25, 0.3) is 0 Å². The topological polar surface area (TPSA) is 70.3 Å². The van der Waals surface area contributed by atoms with Crippen molar-refractivity contribution in [2.24, 2.45) is 0 Å². The minimum absolute atomic E-state index is 0.154. The second-order valence-electron chi connectivity index (χ2n) is 4.80. The summed E-state index contributed by atoms with van der Waals surface area (Å²) >= 11 is 0. The number of nitriles is 1. The number of carbonyl (C=O) groups is 1. The van der Waals surface area contributed by atoms with Crippen molar-refractivity contribution in [1.29, 1.82) is 5.26 Å². The second-order valence-corrected chi connectivity index (χ2v) is 4.80. The van der Waals surface area contributed by atoms with Crippen LogP contribution in [0.15, 0.2) is 36.4 Å². The highest BCUT2D eigenvalue weighted by molar-refractivity contribution is 5.91. The molecule has 2 rings (SSSR count). The largest absolute Gasteiger partial charge is 0.488 e. The molecule has 0 heterocycles. The van der Waals surface area contributed by atoms with Crippen LogP contribution >= 0.6 is 0 Å². The molecule has 0 amide bonds. The summed E-state index contributed by atoms with van der Waals surface area (Å²) in [5, 5.41) is 18.0. The van der Waals surface area contributed by atoms with Gasteiger partial charge in [0.1, 0.15) is 17.9 Å². The summed E-state index contributed by atoms with van der Waals surface area (Å²) < 4.78 is 5.71. The quantitative estimate of drug-likeness (QED) is 0.931. The fraction of sp³-hybridized carbons (Fsp3) is 0.176. The monoisotopic (exact) mass is 281 g/mol. The lowest BCUT2D eigenvalue weighted by Gasteiger charge is -2.13. The molecule has 106 valence electrons. The third-order valence-corrected chi connectivity index (χ3v) is 3.29. The zero-order valence-electron chi connectivity index (χ0n) is 11.9. The first-order chi connectivity index (χ1) is 10.0. The first-order valence-corrected chi connectivity index (χ1v) is 6.48. The molecule has 0 unspecified atom stereocenters. The van der Waals surface area contributed by atoms with E-state index in [0.717, 1.165) is 16.7 Å². The molecule has 0 radical (unpaired) electrons. The van der Waals surface area contributed by atoms with Crippen molar-refractivity contribution in [2.75, 3.05) is 0 Å². The highest BCUT2D eigenvalue weighted by atomic mass is 16.5. The summed E-state index contributed by atoms with van der Waals surface area (Å²) in [5.41, 5.74) is 3.40. The van der Waals surface area contributed by atoms with Crippen LogP contribution in [0, 0.1) is 25.2 Å². The minimum Gasteiger partial charge on any atom is -0.488 e. The molecule has 2 aromatic carbocycles. The minimum atomic E-state index is -1.01. The van der Waals surface area contributed by atoms with Crippen LogP contribution in [0.5, 0.6) is 5.75 Å². The maximum Gasteiger partial charge on any atom is 0.339 e. The molecule has 0 aliphatic carbocycles. The van der Waals surface area contributed by atoms with Gasteiger partial charge < -0.3 is 9.84 Å². The Morgan fingerprint density at radius 2 is 2.00 bits per heavy atom. The lowest BCUT2D eigenvalue weighted by Crippen LogP contribution is -2.05. The number of carboxylic acid groups (broad SMARTS) is 1. The molecule has 0 saturated heterocycles. The number of para-hydroxylation sites is 1. The van der Waals surface area contributed by atoms with E-state index in [1.807, 2.05) is 26.0 Å². The molecule has 0 aliphatic rings. The predicted molar refractivity (Wildman–Crippen MR) is 78.4 cm³/mol. The van der Waals surface area contributed by atoms with Crippen LogP contribution in [0.2, 0.25) is 0 Å². The van der Waals surface area contributed by atoms with Crippen molar-refractivity contribution in [1.82, 2.24) is 0 Å². The lowest BCUT2D eigenvalue weighted by atomic mass is 10.1. The van der Waals surface area contributed by atoms with Crippen LogP contribution in [0.1, 0.15) is 32.6 Å². The average Bonchev–Trinajstić information content (AvgIpc) is 2.46. The molecule has 0 saturated carbocycles. The van der Waals surface area contributed by atoms with Gasteiger partial charge in [-0.3, -0.25) is 0 Å². The highest BCUT2D eigenvalue weighted by Gasteiger charge is 2.13. The maximum atomic E-state index is 11.2. The van der Waals surface area contributed by atoms with Gasteiger partial charge in [0.05, 0.1) is 11.6 Å². The smallest absolute Gasteiger partial charge is 0.339 e. The van der Waals surface area contributed by atoms with Crippen LogP contribution in [-0.2, 0) is 6.61 Å². The van der Waals surface area contributed by atoms with E-state index in [0.29, 0.717) is 11.3 Å². The normalized spacial score (nSPS) is 9.95. The molecule has 0 aromatic heterocycles. The van der Waals surface area contributed by atoms with Crippen molar-refractivity contribution < 1.29 is 14.6 Å². The number of ether oxygens (including phenoxy) is 1. The summed E-state index contributed by atoms with van der Waals surface area (Å²) in [6.45, 7) is 3.98. The first kappa shape index (κ1) is 14.6. The van der Waals surface area contributed by atoms with Crippen molar-refractivity contribution >= 4 is 5.97 Å². The van der Waals surface area contributed by atoms with Crippen LogP contribution in [0.4, 0.5) is 0 Å². The van der Waals surface area contributed by atoms with Crippen molar-refractivity contribution in [3.8, 4) is 11.8 Å². The number of nitrogens with zero attached hydrogens (tertiary/aromatic N) is 1. The van der Waals surface area contributed by atoms with E-state index >= 15 is 0 Å². The molecule has 0 aliphatic heterocycles. The zero-order valence-corrected chi connectivity index (χ0v) is 11.9. The van der Waals surface area contributed by atoms with E-state index in [1.165, 1.54) is 6.07 Å². The molecule has 21 heavy (non-hydrogen) atoms. The number of carboxylic acids is 1. The van der Waals surface area contributed by atoms with Gasteiger partial charge in [0.15, 0.2) is 0 Å². The third-order valence-electron chi connectivity index (χ3n) is 3.29. The zero-order chi connectivity index (χ0) is 15.4. The van der Waals surface area contributed by atoms with Gasteiger partial charge in [-0.05, 0) is 48.7 Å². The molecule has 2 aromatic rings. The van der Waals surface area contributed by atoms with E-state index in [9.17, 15) is 9.90 Å². The van der Waals surface area contributed by atoms with Gasteiger partial charge in [-0.2, -0.15) is 5.26 Å². The Bertz CT molecular complexity index is 729. The fourth-order valence-electron chi connectivity index (χ4n) is 2.09. The van der Waals surface area contributed by atoms with E-state index in [1.54, 1.807) is 18.2 Å². The summed E-state index contributed by atoms with van der Waals surface area (Å²) in [6, 6.07) is 12.4. The Balaban J connectivity index is 2.25. The first-order valence-electron chi connectivity index (χ1n) is 6.48. The number of aromatic carboxylic acids is 1. The molecule has 0 spiro atoms. The SMILES string of the molecule is Cc1cc(C#N)ccc1COc1c(C)cccc1C(=O)O. The van der Waals surface area contributed by atoms with Crippen LogP contribution in [-0.4, -0.2) is 11.1 Å². The standard InChI is InChI=1S/C17H15NO3/c1-11-4-3-5-15(17(19)20)16(11)21-10-14-7-6-13(9-18)8-12(14)2/h3-8H,10H2,1-2H3,(H,19,20). The van der Waals surface area contributed by atoms with Gasteiger partial charge in [-0.15, -0.1) is 0 Å². The number of rotatable bonds is 4. The van der Waals surface area contributed by atoms with E-state index in [4.69, 9.17) is 10.00 Å². The molecule has 0 bridgehead atoms. The second kappa shape index (κ2) is 6.10. The highest BCUT2D eigenvalue weighted by Crippen LogP contribution is 2.25. The number of benzene rings is 2. The van der Waals surface area contributed by atoms with Crippen molar-refractivity contribution in [3.05, 3.63) is 64.2 Å². The van der Waals surface area contributed by atoms with Crippen molar-refractivity contribution in [3.63, 3.8) is 0 Å². The Morgan fingerprint density at radius 3 is 2.62 bits per heavy atom. The molecular formula is C17H15NO3. The summed E-state index contributed by atoms with van der Waals surface area (Å²) in [6.07, 6.45) is 0. The number of hydrogen-bond acceptors (Lipinski definition) is 3. The van der Waals surface area contributed by atoms with Crippen molar-refractivity contribution in [2.45, 2.75) is 20.5 Å². The Morgan fingerprint density at radius 1 is 1.24 bits per heavy atom. The molecule has 0 fully saturated rings. The Hall–Kier alpha value is -2.80. The van der Waals surface area contributed by atoms with E-state index in [2.05, 4.69) is 6.07 Å². The molecule has 0 atom stereocenters. The Kier molecular flexibility index (Phi) is 4.24. The van der Waals surface area contributed by atoms with Crippen LogP contribution < -0.4 is 4.74 Å². The van der Waals surface area contributed by atoms with E-state index in [-0.39, 0.29) is 12.2 Å². The Labute approximate surface area is 123 Å². The molecule has 4 nitrogen and oxygen atoms in total. The van der Waals surface area contributed by atoms with Gasteiger partial charge in [0, 0.05) is 0 Å². The lowest BCUT2D eigenvalue weighted by molar-refractivity contribution is 0.0691. The maximum absolute atomic E-state index is 11.2. The van der Waals surface area contributed by atoms with Gasteiger partial charge in [0.2, 0.25) is 0 Å². The third kappa shape index (κ3) is 3.21. The van der Waals surface area contributed by atoms with Crippen LogP contribution in [0.25, 0.3) is 0 Å². The predicted octanol–water partition coefficient (Wildman–Crippen LogP) is 3.45. The van der Waals surface area contributed by atoms with E-state index < -0.39 is 5.97 Å². The molecule has 4 heteroatoms. The molecule has 1 N–H and O–H groups in total. The number of hydrogen-bond donors (Lipinski definition) is 1.